The van der Waals surface area contributed by atoms with Gasteiger partial charge in [-0.15, -0.1) is 0 Å². The highest BCUT2D eigenvalue weighted by Crippen LogP contribution is 2.30. The number of nitrogens with zero attached hydrogens (tertiary/aromatic N) is 4. The Morgan fingerprint density at radius 1 is 1.11 bits per heavy atom. The number of fused-ring (bicyclic) bond motifs is 1. The van der Waals surface area contributed by atoms with Crippen LogP contribution in [-0.2, 0) is 24.9 Å². The van der Waals surface area contributed by atoms with Gasteiger partial charge in [0.1, 0.15) is 17.7 Å². The van der Waals surface area contributed by atoms with Crippen molar-refractivity contribution in [2.75, 3.05) is 5.32 Å². The van der Waals surface area contributed by atoms with Gasteiger partial charge in [-0.05, 0) is 47.4 Å². The summed E-state index contributed by atoms with van der Waals surface area (Å²) in [6.07, 6.45) is 3.51. The van der Waals surface area contributed by atoms with Gasteiger partial charge in [0.2, 0.25) is 0 Å². The first-order valence-electron chi connectivity index (χ1n) is 8.81. The maximum Gasteiger partial charge on any atom is 0.320 e. The molecule has 0 radical (unpaired) electrons. The minimum absolute atomic E-state index is 0.489. The number of anilines is 2. The molecule has 3 aromatic rings. The van der Waals surface area contributed by atoms with Crippen molar-refractivity contribution in [3.05, 3.63) is 59.9 Å². The molecule has 7 heteroatoms. The second-order valence-electron chi connectivity index (χ2n) is 6.80. The zero-order valence-corrected chi connectivity index (χ0v) is 15.3. The number of carboxylic acid groups (broad SMARTS) is 1. The van der Waals surface area contributed by atoms with Crippen LogP contribution < -0.4 is 5.32 Å². The van der Waals surface area contributed by atoms with E-state index in [2.05, 4.69) is 33.6 Å². The van der Waals surface area contributed by atoms with E-state index in [0.29, 0.717) is 13.1 Å². The molecule has 2 N–H and O–H groups in total. The molecule has 1 aliphatic heterocycles. The Morgan fingerprint density at radius 2 is 1.89 bits per heavy atom. The third-order valence-electron chi connectivity index (χ3n) is 5.03. The van der Waals surface area contributed by atoms with Crippen LogP contribution in [0.15, 0.2) is 48.8 Å². The van der Waals surface area contributed by atoms with E-state index in [1.807, 2.05) is 30.1 Å². The molecule has 1 aromatic carbocycles. The van der Waals surface area contributed by atoms with E-state index in [1.165, 1.54) is 11.1 Å². The molecule has 1 atom stereocenters. The van der Waals surface area contributed by atoms with Crippen molar-refractivity contribution in [2.24, 2.45) is 7.05 Å². The van der Waals surface area contributed by atoms with Crippen molar-refractivity contribution < 1.29 is 9.90 Å². The number of carbonyl (C=O) groups is 1. The van der Waals surface area contributed by atoms with Crippen LogP contribution in [0.1, 0.15) is 18.1 Å². The Morgan fingerprint density at radius 3 is 2.63 bits per heavy atom. The molecule has 0 aliphatic carbocycles. The van der Waals surface area contributed by atoms with E-state index in [9.17, 15) is 9.90 Å². The van der Waals surface area contributed by atoms with Crippen LogP contribution >= 0.6 is 0 Å². The number of aliphatic carboxylic acids is 1. The van der Waals surface area contributed by atoms with Gasteiger partial charge < -0.3 is 10.4 Å². The summed E-state index contributed by atoms with van der Waals surface area (Å²) in [6, 6.07) is 11.7. The van der Waals surface area contributed by atoms with E-state index >= 15 is 0 Å². The molecule has 0 unspecified atom stereocenters. The Hall–Kier alpha value is -3.19. The van der Waals surface area contributed by atoms with Crippen molar-refractivity contribution >= 4 is 17.6 Å². The van der Waals surface area contributed by atoms with Crippen molar-refractivity contribution in [2.45, 2.75) is 26.1 Å². The highest BCUT2D eigenvalue weighted by atomic mass is 16.4. The largest absolute Gasteiger partial charge is 0.480 e. The molecule has 0 saturated carbocycles. The van der Waals surface area contributed by atoms with Crippen molar-refractivity contribution in [1.29, 1.82) is 0 Å². The van der Waals surface area contributed by atoms with Crippen LogP contribution in [0, 0.1) is 0 Å². The number of nitrogens with one attached hydrogen (secondary N) is 1. The normalized spacial score (nSPS) is 14.7. The summed E-state index contributed by atoms with van der Waals surface area (Å²) in [5.41, 5.74) is 4.52. The zero-order chi connectivity index (χ0) is 19.0. The summed E-state index contributed by atoms with van der Waals surface area (Å²) in [5, 5.41) is 16.7. The van der Waals surface area contributed by atoms with E-state index < -0.39 is 12.0 Å². The monoisotopic (exact) mass is 363 g/mol. The number of hydrogen-bond donors (Lipinski definition) is 2. The van der Waals surface area contributed by atoms with Gasteiger partial charge in [-0.25, -0.2) is 4.98 Å². The number of hydrogen-bond acceptors (Lipinski definition) is 5. The topological polar surface area (TPSA) is 83.3 Å². The molecule has 4 rings (SSSR count). The van der Waals surface area contributed by atoms with Gasteiger partial charge in [0, 0.05) is 32.4 Å². The molecule has 7 nitrogen and oxygen atoms in total. The van der Waals surface area contributed by atoms with E-state index in [0.717, 1.165) is 22.8 Å². The van der Waals surface area contributed by atoms with Gasteiger partial charge in [-0.3, -0.25) is 14.4 Å². The SMILES string of the molecule is C[C@H](C(=O)O)N1Cc2ccc(-c3ccnc(Nc4ccnn4C)c3)cc2C1. The number of aryl methyl sites for hydroxylation is 1. The number of benzene rings is 1. The third-order valence-corrected chi connectivity index (χ3v) is 5.03. The molecule has 3 heterocycles. The third kappa shape index (κ3) is 3.41. The van der Waals surface area contributed by atoms with Crippen LogP contribution in [-0.4, -0.2) is 36.8 Å². The average Bonchev–Trinajstić information content (AvgIpc) is 3.27. The Balaban J connectivity index is 1.57. The van der Waals surface area contributed by atoms with Gasteiger partial charge in [0.15, 0.2) is 0 Å². The van der Waals surface area contributed by atoms with Crippen molar-refractivity contribution in [3.8, 4) is 11.1 Å². The smallest absolute Gasteiger partial charge is 0.320 e. The molecule has 0 saturated heterocycles. The van der Waals surface area contributed by atoms with Gasteiger partial charge in [-0.1, -0.05) is 12.1 Å². The van der Waals surface area contributed by atoms with Gasteiger partial charge in [-0.2, -0.15) is 5.10 Å². The minimum Gasteiger partial charge on any atom is -0.480 e. The first-order chi connectivity index (χ1) is 13.0. The standard InChI is InChI=1S/C20H21N5O2/c1-13(20(26)27)25-11-16-4-3-14(9-17(16)12-25)15-5-7-21-18(10-15)23-19-6-8-22-24(19)2/h3-10,13H,11-12H2,1-2H3,(H,21,23)(H,26,27)/t13-/m1/s1. The molecule has 2 aromatic heterocycles. The fourth-order valence-electron chi connectivity index (χ4n) is 3.34. The second kappa shape index (κ2) is 6.85. The predicted molar refractivity (Wildman–Crippen MR) is 103 cm³/mol. The first kappa shape index (κ1) is 17.2. The molecular formula is C20H21N5O2. The average molecular weight is 363 g/mol. The molecule has 0 fully saturated rings. The van der Waals surface area contributed by atoms with Crippen LogP contribution in [0.4, 0.5) is 11.6 Å². The molecule has 0 bridgehead atoms. The molecule has 27 heavy (non-hydrogen) atoms. The van der Waals surface area contributed by atoms with Crippen molar-refractivity contribution in [3.63, 3.8) is 0 Å². The molecule has 138 valence electrons. The van der Waals surface area contributed by atoms with Gasteiger partial charge in [0.05, 0.1) is 6.20 Å². The fraction of sp³-hybridized carbons (Fsp3) is 0.250. The lowest BCUT2D eigenvalue weighted by molar-refractivity contribution is -0.142. The van der Waals surface area contributed by atoms with Gasteiger partial charge >= 0.3 is 5.97 Å². The summed E-state index contributed by atoms with van der Waals surface area (Å²) in [5.74, 6) is 0.827. The quantitative estimate of drug-likeness (QED) is 0.725. The molecule has 0 amide bonds. The molecule has 1 aliphatic rings. The number of rotatable bonds is 5. The van der Waals surface area contributed by atoms with Gasteiger partial charge in [0.25, 0.3) is 0 Å². The number of carboxylic acids is 1. The first-order valence-corrected chi connectivity index (χ1v) is 8.81. The zero-order valence-electron chi connectivity index (χ0n) is 15.3. The Bertz CT molecular complexity index is 998. The van der Waals surface area contributed by atoms with Crippen molar-refractivity contribution in [1.82, 2.24) is 19.7 Å². The Kier molecular flexibility index (Phi) is 4.37. The lowest BCUT2D eigenvalue weighted by atomic mass is 10.0. The minimum atomic E-state index is -0.789. The summed E-state index contributed by atoms with van der Waals surface area (Å²) in [7, 11) is 1.87. The van der Waals surface area contributed by atoms with Crippen LogP contribution in [0.5, 0.6) is 0 Å². The number of aromatic nitrogens is 3. The molecule has 0 spiro atoms. The number of pyridine rings is 1. The summed E-state index contributed by atoms with van der Waals surface area (Å²) in [6.45, 7) is 3.06. The van der Waals surface area contributed by atoms with E-state index in [4.69, 9.17) is 0 Å². The summed E-state index contributed by atoms with van der Waals surface area (Å²) >= 11 is 0. The maximum atomic E-state index is 11.3. The fourth-order valence-corrected chi connectivity index (χ4v) is 3.34. The van der Waals surface area contributed by atoms with Crippen LogP contribution in [0.3, 0.4) is 0 Å². The summed E-state index contributed by atoms with van der Waals surface area (Å²) in [4.78, 5) is 17.6. The van der Waals surface area contributed by atoms with E-state index in [-0.39, 0.29) is 0 Å². The lowest BCUT2D eigenvalue weighted by Gasteiger charge is -2.19. The van der Waals surface area contributed by atoms with E-state index in [1.54, 1.807) is 24.0 Å². The Labute approximate surface area is 157 Å². The highest BCUT2D eigenvalue weighted by Gasteiger charge is 2.27. The molecular weight excluding hydrogens is 342 g/mol. The second-order valence-corrected chi connectivity index (χ2v) is 6.80. The highest BCUT2D eigenvalue weighted by molar-refractivity contribution is 5.73. The maximum absolute atomic E-state index is 11.3. The predicted octanol–water partition coefficient (Wildman–Crippen LogP) is 3.01. The summed E-state index contributed by atoms with van der Waals surface area (Å²) < 4.78 is 1.75. The lowest BCUT2D eigenvalue weighted by Crippen LogP contribution is -2.34. The van der Waals surface area contributed by atoms with Crippen LogP contribution in [0.25, 0.3) is 11.1 Å². The van der Waals surface area contributed by atoms with Crippen LogP contribution in [0.2, 0.25) is 0 Å².